The van der Waals surface area contributed by atoms with Crippen LogP contribution in [0, 0.1) is 11.6 Å². The number of morpholine rings is 1. The molecule has 1 aliphatic rings. The molecule has 18 heavy (non-hydrogen) atoms. The Bertz CT molecular complexity index is 462. The van der Waals surface area contributed by atoms with Crippen molar-refractivity contribution in [2.24, 2.45) is 0 Å². The number of benzene rings is 1. The maximum atomic E-state index is 13.7. The number of hydrogen-bond acceptors (Lipinski definition) is 3. The van der Waals surface area contributed by atoms with Crippen LogP contribution in [-0.4, -0.2) is 31.6 Å². The maximum absolute atomic E-state index is 13.7. The Morgan fingerprint density at radius 2 is 2.28 bits per heavy atom. The molecule has 1 aliphatic heterocycles. The first kappa shape index (κ1) is 13.6. The molecule has 1 atom stereocenters. The van der Waals surface area contributed by atoms with Crippen molar-refractivity contribution in [2.45, 2.75) is 12.5 Å². The average molecular weight is 320 g/mol. The van der Waals surface area contributed by atoms with E-state index in [1.165, 1.54) is 6.07 Å². The summed E-state index contributed by atoms with van der Waals surface area (Å²) in [5.41, 5.74) is -0.219. The second-order valence-electron chi connectivity index (χ2n) is 4.03. The highest BCUT2D eigenvalue weighted by Crippen LogP contribution is 2.22. The largest absolute Gasteiger partial charge is 0.368 e. The van der Waals surface area contributed by atoms with Crippen LogP contribution in [0.15, 0.2) is 16.6 Å². The van der Waals surface area contributed by atoms with Gasteiger partial charge in [-0.05, 0) is 28.1 Å². The van der Waals surface area contributed by atoms with E-state index in [1.807, 2.05) is 0 Å². The minimum Gasteiger partial charge on any atom is -0.368 e. The van der Waals surface area contributed by atoms with Crippen LogP contribution < -0.4 is 5.32 Å². The summed E-state index contributed by atoms with van der Waals surface area (Å²) in [5.74, 6) is -1.77. The summed E-state index contributed by atoms with van der Waals surface area (Å²) in [6, 6.07) is 2.41. The highest BCUT2D eigenvalue weighted by Gasteiger charge is 2.24. The lowest BCUT2D eigenvalue weighted by Crippen LogP contribution is -2.43. The molecule has 3 nitrogen and oxygen atoms in total. The molecular formula is C12H12BrF2NO2. The van der Waals surface area contributed by atoms with Gasteiger partial charge in [0.05, 0.1) is 11.1 Å². The lowest BCUT2D eigenvalue weighted by molar-refractivity contribution is -0.131. The van der Waals surface area contributed by atoms with Gasteiger partial charge >= 0.3 is 0 Å². The van der Waals surface area contributed by atoms with Crippen LogP contribution in [0.3, 0.4) is 0 Å². The Hall–Kier alpha value is -0.850. The zero-order valence-corrected chi connectivity index (χ0v) is 11.1. The molecule has 1 saturated heterocycles. The van der Waals surface area contributed by atoms with E-state index in [-0.39, 0.29) is 22.2 Å². The van der Waals surface area contributed by atoms with Gasteiger partial charge in [0.15, 0.2) is 5.78 Å². The van der Waals surface area contributed by atoms with E-state index in [4.69, 9.17) is 4.74 Å². The molecule has 0 aliphatic carbocycles. The Morgan fingerprint density at radius 1 is 1.50 bits per heavy atom. The quantitative estimate of drug-likeness (QED) is 0.864. The van der Waals surface area contributed by atoms with Crippen LogP contribution in [0.2, 0.25) is 0 Å². The summed E-state index contributed by atoms with van der Waals surface area (Å²) in [6.07, 6.45) is -0.930. The molecule has 1 heterocycles. The fourth-order valence-corrected chi connectivity index (χ4v) is 2.16. The molecule has 6 heteroatoms. The molecule has 0 radical (unpaired) electrons. The minimum atomic E-state index is -0.730. The maximum Gasteiger partial charge on any atom is 0.167 e. The van der Waals surface area contributed by atoms with Crippen molar-refractivity contribution in [1.29, 1.82) is 0 Å². The number of hydrogen-bond donors (Lipinski definition) is 1. The normalized spacial score (nSPS) is 19.8. The number of Topliss-reactive ketones (excluding diaryl/α,β-unsaturated/α-hetero) is 1. The predicted octanol–water partition coefficient (Wildman–Crippen LogP) is 1.83. The van der Waals surface area contributed by atoms with Gasteiger partial charge in [-0.15, -0.1) is 0 Å². The topological polar surface area (TPSA) is 38.3 Å². The number of nitrogens with one attached hydrogen (secondary N) is 1. The molecule has 1 aromatic carbocycles. The van der Waals surface area contributed by atoms with Crippen molar-refractivity contribution in [2.75, 3.05) is 19.7 Å². The van der Waals surface area contributed by atoms with E-state index in [2.05, 4.69) is 21.2 Å². The van der Waals surface area contributed by atoms with Gasteiger partial charge in [-0.25, -0.2) is 8.78 Å². The molecule has 0 amide bonds. The molecule has 0 saturated carbocycles. The van der Waals surface area contributed by atoms with Crippen LogP contribution in [-0.2, 0) is 16.0 Å². The lowest BCUT2D eigenvalue weighted by atomic mass is 10.0. The fourth-order valence-electron chi connectivity index (χ4n) is 1.79. The van der Waals surface area contributed by atoms with E-state index < -0.39 is 17.7 Å². The van der Waals surface area contributed by atoms with Gasteiger partial charge in [0.25, 0.3) is 0 Å². The molecule has 0 spiro atoms. The third kappa shape index (κ3) is 2.93. The summed E-state index contributed by atoms with van der Waals surface area (Å²) in [4.78, 5) is 11.9. The smallest absolute Gasteiger partial charge is 0.167 e. The van der Waals surface area contributed by atoms with Gasteiger partial charge in [0.2, 0.25) is 0 Å². The number of ketones is 1. The molecule has 1 aromatic rings. The van der Waals surface area contributed by atoms with Crippen LogP contribution in [0.4, 0.5) is 8.78 Å². The van der Waals surface area contributed by atoms with Crippen molar-refractivity contribution >= 4 is 21.7 Å². The van der Waals surface area contributed by atoms with Crippen molar-refractivity contribution in [3.8, 4) is 0 Å². The Labute approximate surface area is 112 Å². The first-order chi connectivity index (χ1) is 8.59. The predicted molar refractivity (Wildman–Crippen MR) is 65.4 cm³/mol. The van der Waals surface area contributed by atoms with Gasteiger partial charge < -0.3 is 10.1 Å². The van der Waals surface area contributed by atoms with E-state index in [1.54, 1.807) is 0 Å². The summed E-state index contributed by atoms with van der Waals surface area (Å²) in [6.45, 7) is 1.50. The number of carbonyl (C=O) groups is 1. The van der Waals surface area contributed by atoms with Gasteiger partial charge in [-0.2, -0.15) is 0 Å². The number of ether oxygens (including phenoxy) is 1. The number of carbonyl (C=O) groups excluding carboxylic acids is 1. The second-order valence-corrected chi connectivity index (χ2v) is 4.88. The fraction of sp³-hybridized carbons (Fsp3) is 0.417. The highest BCUT2D eigenvalue weighted by molar-refractivity contribution is 9.10. The van der Waals surface area contributed by atoms with Crippen LogP contribution in [0.25, 0.3) is 0 Å². The standard InChI is InChI=1S/C12H12BrF2NO2/c13-8-1-2-9(14)7(12(8)15)5-10(17)11-6-16-3-4-18-11/h1-2,11,16H,3-6H2. The van der Waals surface area contributed by atoms with E-state index in [0.717, 1.165) is 6.07 Å². The van der Waals surface area contributed by atoms with Gasteiger partial charge in [0, 0.05) is 25.1 Å². The highest BCUT2D eigenvalue weighted by atomic mass is 79.9. The summed E-state index contributed by atoms with van der Waals surface area (Å²) in [7, 11) is 0. The van der Waals surface area contributed by atoms with E-state index in [0.29, 0.717) is 19.7 Å². The van der Waals surface area contributed by atoms with Gasteiger partial charge in [-0.1, -0.05) is 0 Å². The Balaban J connectivity index is 2.13. The Kier molecular flexibility index (Phi) is 4.42. The first-order valence-corrected chi connectivity index (χ1v) is 6.36. The number of rotatable bonds is 3. The average Bonchev–Trinajstić information content (AvgIpc) is 2.40. The van der Waals surface area contributed by atoms with Crippen molar-refractivity contribution in [3.05, 3.63) is 33.8 Å². The molecule has 1 fully saturated rings. The van der Waals surface area contributed by atoms with E-state index >= 15 is 0 Å². The van der Waals surface area contributed by atoms with Crippen molar-refractivity contribution in [1.82, 2.24) is 5.32 Å². The molecule has 2 rings (SSSR count). The summed E-state index contributed by atoms with van der Waals surface area (Å²) < 4.78 is 32.6. The zero-order valence-electron chi connectivity index (χ0n) is 9.51. The summed E-state index contributed by atoms with van der Waals surface area (Å²) >= 11 is 2.97. The SMILES string of the molecule is O=C(Cc1c(F)ccc(Br)c1F)C1CNCCO1. The van der Waals surface area contributed by atoms with Crippen LogP contribution >= 0.6 is 15.9 Å². The van der Waals surface area contributed by atoms with Gasteiger partial charge in [0.1, 0.15) is 17.7 Å². The molecule has 0 bridgehead atoms. The molecule has 1 unspecified atom stereocenters. The van der Waals surface area contributed by atoms with E-state index in [9.17, 15) is 13.6 Å². The summed E-state index contributed by atoms with van der Waals surface area (Å²) in [5, 5.41) is 3.00. The second kappa shape index (κ2) is 5.86. The minimum absolute atomic E-state index is 0.148. The molecular weight excluding hydrogens is 308 g/mol. The van der Waals surface area contributed by atoms with Crippen molar-refractivity contribution in [3.63, 3.8) is 0 Å². The molecule has 0 aromatic heterocycles. The third-order valence-electron chi connectivity index (χ3n) is 2.78. The van der Waals surface area contributed by atoms with Crippen LogP contribution in [0.5, 0.6) is 0 Å². The van der Waals surface area contributed by atoms with Crippen LogP contribution in [0.1, 0.15) is 5.56 Å². The van der Waals surface area contributed by atoms with Crippen molar-refractivity contribution < 1.29 is 18.3 Å². The third-order valence-corrected chi connectivity index (χ3v) is 3.39. The first-order valence-electron chi connectivity index (χ1n) is 5.57. The lowest BCUT2D eigenvalue weighted by Gasteiger charge is -2.22. The molecule has 1 N–H and O–H groups in total. The monoisotopic (exact) mass is 319 g/mol. The molecule has 98 valence electrons. The Morgan fingerprint density at radius 3 is 2.94 bits per heavy atom. The zero-order chi connectivity index (χ0) is 13.1. The number of halogens is 3. The van der Waals surface area contributed by atoms with Gasteiger partial charge in [-0.3, -0.25) is 4.79 Å².